The third kappa shape index (κ3) is 23.1. The second-order valence-electron chi connectivity index (χ2n) is 14.1. The molecule has 0 radical (unpaired) electrons. The predicted octanol–water partition coefficient (Wildman–Crippen LogP) is 6.63. The van der Waals surface area contributed by atoms with E-state index in [0.717, 1.165) is 53.5 Å². The number of benzene rings is 2. The number of carbonyl (C=O) groups excluding carboxylic acids is 2. The Hall–Kier alpha value is -4.00. The number of carbonyl (C=O) groups is 2. The van der Waals surface area contributed by atoms with Gasteiger partial charge in [0.05, 0.1) is 98.1 Å². The Morgan fingerprint density at radius 2 is 1.00 bits per heavy atom. The second-order valence-corrected chi connectivity index (χ2v) is 14.1. The molecule has 2 rings (SSSR count). The van der Waals surface area contributed by atoms with Gasteiger partial charge >= 0.3 is 12.2 Å². The van der Waals surface area contributed by atoms with Crippen molar-refractivity contribution in [2.45, 2.75) is 46.5 Å². The van der Waals surface area contributed by atoms with Crippen molar-refractivity contribution < 1.29 is 66.4 Å². The van der Waals surface area contributed by atoms with E-state index in [4.69, 9.17) is 56.8 Å². The Balaban J connectivity index is 2.08. The monoisotopic (exact) mass is 864 g/mol. The van der Waals surface area contributed by atoms with Gasteiger partial charge in [-0.1, -0.05) is 55.7 Å². The van der Waals surface area contributed by atoms with Crippen LogP contribution in [0.3, 0.4) is 0 Å². The van der Waals surface area contributed by atoms with E-state index >= 15 is 0 Å². The van der Waals surface area contributed by atoms with E-state index in [9.17, 15) is 9.59 Å². The van der Waals surface area contributed by atoms with Crippen molar-refractivity contribution in [2.75, 3.05) is 147 Å². The lowest BCUT2D eigenvalue weighted by Crippen LogP contribution is -2.32. The second kappa shape index (κ2) is 33.6. The number of hydrogen-bond acceptors (Lipinski definition) is 14. The van der Waals surface area contributed by atoms with Crippen molar-refractivity contribution in [1.82, 2.24) is 9.80 Å². The molecule has 61 heavy (non-hydrogen) atoms. The number of methoxy groups -OCH3 is 2. The molecule has 0 aliphatic carbocycles. The number of unbranched alkanes of at least 4 members (excludes halogenated alkanes) is 2. The summed E-state index contributed by atoms with van der Waals surface area (Å²) in [4.78, 5) is 28.6. The number of allylic oxidation sites excluding steroid dienone is 1. The van der Waals surface area contributed by atoms with E-state index in [-0.39, 0.29) is 39.9 Å². The van der Waals surface area contributed by atoms with Gasteiger partial charge < -0.3 is 56.8 Å². The Labute approximate surface area is 363 Å². The molecule has 2 aromatic rings. The standard InChI is InChI=1S/C45H72N2O14/c1-9-10-11-12-38-32-41(60-34-46(5)44(48)58-29-27-56-25-23-54-21-19-52-17-15-50-7)43(40-31-37(4)13-14-39(40)36(2)3)42(33-38)61-35-47(6)45(49)59-30-28-57-26-24-55-22-20-53-18-16-51-8/h13-14,31-33H,2,9-12,15-30,34-35H2,1,3-8H3. The van der Waals surface area contributed by atoms with Crippen LogP contribution in [0.1, 0.15) is 49.8 Å². The first-order chi connectivity index (χ1) is 29.6. The SMILES string of the molecule is C=C(C)c1ccc(C)cc1-c1c(OCN(C)C(=O)OCCOCCOCCOCCOC)cc(CCCCC)cc1OCN(C)C(=O)OCCOCCOCCOCCOC. The third-order valence-electron chi connectivity index (χ3n) is 8.81. The van der Waals surface area contributed by atoms with Gasteiger partial charge in [-0.25, -0.2) is 9.59 Å². The fraction of sp³-hybridized carbons (Fsp3) is 0.644. The van der Waals surface area contributed by atoms with Crippen molar-refractivity contribution in [3.05, 3.63) is 53.6 Å². The first kappa shape index (κ1) is 53.1. The Morgan fingerprint density at radius 3 is 1.39 bits per heavy atom. The Morgan fingerprint density at radius 1 is 0.590 bits per heavy atom. The van der Waals surface area contributed by atoms with Gasteiger partial charge in [0, 0.05) is 28.3 Å². The molecule has 2 aromatic carbocycles. The molecule has 0 saturated heterocycles. The van der Waals surface area contributed by atoms with E-state index in [1.54, 1.807) is 28.3 Å². The minimum atomic E-state index is -0.568. The topological polar surface area (TPSA) is 151 Å². The molecule has 0 saturated carbocycles. The van der Waals surface area contributed by atoms with E-state index in [0.29, 0.717) is 96.3 Å². The lowest BCUT2D eigenvalue weighted by molar-refractivity contribution is -0.00471. The maximum absolute atomic E-state index is 13.0. The number of amides is 2. The van der Waals surface area contributed by atoms with Gasteiger partial charge in [-0.05, 0) is 55.5 Å². The number of hydrogen-bond donors (Lipinski definition) is 0. The molecular formula is C45H72N2O14. The summed E-state index contributed by atoms with van der Waals surface area (Å²) in [5, 5.41) is 0. The summed E-state index contributed by atoms with van der Waals surface area (Å²) in [5.41, 5.74) is 5.27. The summed E-state index contributed by atoms with van der Waals surface area (Å²) in [6.07, 6.45) is 2.71. The number of nitrogens with zero attached hydrogens (tertiary/aromatic N) is 2. The van der Waals surface area contributed by atoms with Crippen LogP contribution >= 0.6 is 0 Å². The van der Waals surface area contributed by atoms with Crippen molar-refractivity contribution in [1.29, 1.82) is 0 Å². The average molecular weight is 865 g/mol. The van der Waals surface area contributed by atoms with E-state index in [1.807, 2.05) is 38.1 Å². The molecule has 2 amide bonds. The minimum absolute atomic E-state index is 0.0647. The maximum atomic E-state index is 13.0. The molecule has 0 bridgehead atoms. The van der Waals surface area contributed by atoms with Crippen LogP contribution in [-0.4, -0.2) is 169 Å². The predicted molar refractivity (Wildman–Crippen MR) is 232 cm³/mol. The zero-order valence-electron chi connectivity index (χ0n) is 37.8. The summed E-state index contributed by atoms with van der Waals surface area (Å²) < 4.78 is 66.4. The van der Waals surface area contributed by atoms with Crippen LogP contribution in [0.15, 0.2) is 36.9 Å². The molecule has 0 unspecified atom stereocenters. The van der Waals surface area contributed by atoms with Crippen molar-refractivity contribution in [3.8, 4) is 22.6 Å². The highest BCUT2D eigenvalue weighted by atomic mass is 16.6. The molecule has 0 aliphatic heterocycles. The molecule has 16 heteroatoms. The summed E-state index contributed by atoms with van der Waals surface area (Å²) in [6, 6.07) is 10.1. The highest BCUT2D eigenvalue weighted by molar-refractivity contribution is 5.87. The summed E-state index contributed by atoms with van der Waals surface area (Å²) in [5.74, 6) is 1.02. The van der Waals surface area contributed by atoms with Crippen LogP contribution in [0.5, 0.6) is 11.5 Å². The van der Waals surface area contributed by atoms with Gasteiger partial charge in [-0.3, -0.25) is 9.80 Å². The summed E-state index contributed by atoms with van der Waals surface area (Å²) in [7, 11) is 6.45. The van der Waals surface area contributed by atoms with Gasteiger partial charge in [0.25, 0.3) is 0 Å². The van der Waals surface area contributed by atoms with Crippen LogP contribution in [-0.2, 0) is 53.8 Å². The van der Waals surface area contributed by atoms with Crippen LogP contribution in [0.4, 0.5) is 9.59 Å². The Kier molecular flexibility index (Phi) is 29.3. The quantitative estimate of drug-likeness (QED) is 0.0533. The molecule has 346 valence electrons. The number of ether oxygens (including phenoxy) is 12. The van der Waals surface area contributed by atoms with E-state index in [2.05, 4.69) is 19.6 Å². The summed E-state index contributed by atoms with van der Waals surface area (Å²) >= 11 is 0. The molecule has 0 fully saturated rings. The molecule has 0 heterocycles. The molecule has 0 N–H and O–H groups in total. The number of aryl methyl sites for hydroxylation is 2. The number of rotatable bonds is 36. The lowest BCUT2D eigenvalue weighted by Gasteiger charge is -2.24. The van der Waals surface area contributed by atoms with Crippen molar-refractivity contribution in [3.63, 3.8) is 0 Å². The lowest BCUT2D eigenvalue weighted by atomic mass is 9.91. The molecule has 0 atom stereocenters. The molecule has 16 nitrogen and oxygen atoms in total. The smallest absolute Gasteiger partial charge is 0.412 e. The zero-order chi connectivity index (χ0) is 44.5. The molecule has 0 aliphatic rings. The fourth-order valence-corrected chi connectivity index (χ4v) is 5.50. The molecule has 0 aromatic heterocycles. The minimum Gasteiger partial charge on any atom is -0.472 e. The molecular weight excluding hydrogens is 792 g/mol. The third-order valence-corrected chi connectivity index (χ3v) is 8.81. The van der Waals surface area contributed by atoms with E-state index in [1.165, 1.54) is 9.80 Å². The van der Waals surface area contributed by atoms with Gasteiger partial charge in [0.2, 0.25) is 0 Å². The normalized spacial score (nSPS) is 11.1. The van der Waals surface area contributed by atoms with E-state index < -0.39 is 12.2 Å². The first-order valence-corrected chi connectivity index (χ1v) is 21.0. The highest BCUT2D eigenvalue weighted by Crippen LogP contribution is 2.43. The van der Waals surface area contributed by atoms with Crippen LogP contribution in [0, 0.1) is 6.92 Å². The van der Waals surface area contributed by atoms with Gasteiger partial charge in [-0.15, -0.1) is 0 Å². The van der Waals surface area contributed by atoms with Crippen LogP contribution < -0.4 is 9.47 Å². The highest BCUT2D eigenvalue weighted by Gasteiger charge is 2.22. The summed E-state index contributed by atoms with van der Waals surface area (Å²) in [6.45, 7) is 16.2. The van der Waals surface area contributed by atoms with Gasteiger partial charge in [0.15, 0.2) is 13.5 Å². The van der Waals surface area contributed by atoms with Crippen molar-refractivity contribution in [2.24, 2.45) is 0 Å². The largest absolute Gasteiger partial charge is 0.472 e. The van der Waals surface area contributed by atoms with Gasteiger partial charge in [0.1, 0.15) is 24.7 Å². The maximum Gasteiger partial charge on any atom is 0.412 e. The van der Waals surface area contributed by atoms with Crippen LogP contribution in [0.25, 0.3) is 16.7 Å². The zero-order valence-corrected chi connectivity index (χ0v) is 37.8. The average Bonchev–Trinajstić information content (AvgIpc) is 3.25. The van der Waals surface area contributed by atoms with Gasteiger partial charge in [-0.2, -0.15) is 0 Å². The fourth-order valence-electron chi connectivity index (χ4n) is 5.50. The Bertz CT molecular complexity index is 1440. The molecule has 0 spiro atoms. The first-order valence-electron chi connectivity index (χ1n) is 21.0. The van der Waals surface area contributed by atoms with Crippen LogP contribution in [0.2, 0.25) is 0 Å². The van der Waals surface area contributed by atoms with Crippen molar-refractivity contribution >= 4 is 17.8 Å².